The lowest BCUT2D eigenvalue weighted by atomic mass is 10.1. The minimum Gasteiger partial charge on any atom is -0.480 e. The van der Waals surface area contributed by atoms with Gasteiger partial charge in [-0.25, -0.2) is 9.59 Å². The van der Waals surface area contributed by atoms with E-state index in [4.69, 9.17) is 15.3 Å². The van der Waals surface area contributed by atoms with Crippen molar-refractivity contribution in [2.24, 2.45) is 0 Å². The lowest BCUT2D eigenvalue weighted by molar-refractivity contribution is -0.153. The maximum Gasteiger partial charge on any atom is 0.335 e. The van der Waals surface area contributed by atoms with Crippen LogP contribution in [0.3, 0.4) is 0 Å². The highest BCUT2D eigenvalue weighted by Crippen LogP contribution is 2.18. The summed E-state index contributed by atoms with van der Waals surface area (Å²) in [4.78, 5) is 21.1. The van der Waals surface area contributed by atoms with Crippen molar-refractivity contribution in [1.29, 1.82) is 0 Å². The lowest BCUT2D eigenvalue weighted by Crippen LogP contribution is -2.27. The molecule has 8 heteroatoms. The van der Waals surface area contributed by atoms with Crippen molar-refractivity contribution in [3.8, 4) is 0 Å². The molecule has 0 aliphatic rings. The molecule has 0 saturated carbocycles. The number of aliphatic hydroxyl groups is 2. The Morgan fingerprint density at radius 2 is 1.88 bits per heavy atom. The van der Waals surface area contributed by atoms with Crippen molar-refractivity contribution >= 4 is 11.9 Å². The second-order valence-corrected chi connectivity index (χ2v) is 3.50. The Kier molecular flexibility index (Phi) is 3.81. The van der Waals surface area contributed by atoms with Crippen LogP contribution in [0.15, 0.2) is 12.4 Å². The third-order valence-corrected chi connectivity index (χ3v) is 2.27. The molecule has 17 heavy (non-hydrogen) atoms. The van der Waals surface area contributed by atoms with E-state index in [1.54, 1.807) is 0 Å². The van der Waals surface area contributed by atoms with Gasteiger partial charge in [-0.2, -0.15) is 5.10 Å². The molecule has 8 nitrogen and oxygen atoms in total. The van der Waals surface area contributed by atoms with E-state index in [0.717, 1.165) is 10.9 Å². The quantitative estimate of drug-likeness (QED) is 0.522. The van der Waals surface area contributed by atoms with Crippen LogP contribution in [0.1, 0.15) is 24.6 Å². The van der Waals surface area contributed by atoms with Gasteiger partial charge in [0.25, 0.3) is 0 Å². The molecule has 0 aliphatic heterocycles. The number of carboxylic acid groups (broad SMARTS) is 2. The SMILES string of the molecule is C[C@@H](C(=O)O)n1cc(C(O)C(O)C(=O)O)cn1. The van der Waals surface area contributed by atoms with Gasteiger partial charge in [0.1, 0.15) is 12.1 Å². The van der Waals surface area contributed by atoms with E-state index in [-0.39, 0.29) is 5.56 Å². The zero-order valence-electron chi connectivity index (χ0n) is 8.89. The fourth-order valence-corrected chi connectivity index (χ4v) is 1.15. The van der Waals surface area contributed by atoms with Crippen molar-refractivity contribution < 1.29 is 30.0 Å². The van der Waals surface area contributed by atoms with E-state index >= 15 is 0 Å². The first-order valence-electron chi connectivity index (χ1n) is 4.70. The number of hydrogen-bond acceptors (Lipinski definition) is 5. The minimum atomic E-state index is -1.98. The Morgan fingerprint density at radius 3 is 2.35 bits per heavy atom. The standard InChI is InChI=1S/C9H12N2O6/c1-4(8(14)15)11-3-5(2-10-11)6(12)7(13)9(16)17/h2-4,6-7,12-13H,1H3,(H,14,15)(H,16,17)/t4-,6?,7?/m0/s1. The van der Waals surface area contributed by atoms with E-state index < -0.39 is 30.2 Å². The van der Waals surface area contributed by atoms with E-state index in [1.165, 1.54) is 13.1 Å². The van der Waals surface area contributed by atoms with E-state index in [9.17, 15) is 14.7 Å². The number of aliphatic hydroxyl groups excluding tert-OH is 2. The average Bonchev–Trinajstić information content (AvgIpc) is 2.74. The summed E-state index contributed by atoms with van der Waals surface area (Å²) < 4.78 is 1.05. The van der Waals surface area contributed by atoms with Gasteiger partial charge < -0.3 is 20.4 Å². The fourth-order valence-electron chi connectivity index (χ4n) is 1.15. The predicted molar refractivity (Wildman–Crippen MR) is 53.2 cm³/mol. The number of carboxylic acids is 2. The number of carbonyl (C=O) groups is 2. The van der Waals surface area contributed by atoms with Gasteiger partial charge in [0.05, 0.1) is 6.20 Å². The van der Waals surface area contributed by atoms with Crippen LogP contribution in [0.4, 0.5) is 0 Å². The normalized spacial score (nSPS) is 16.2. The monoisotopic (exact) mass is 244 g/mol. The number of nitrogens with zero attached hydrogens (tertiary/aromatic N) is 2. The molecule has 0 aliphatic carbocycles. The van der Waals surface area contributed by atoms with Gasteiger partial charge in [-0.3, -0.25) is 4.68 Å². The Hall–Kier alpha value is -1.93. The summed E-state index contributed by atoms with van der Waals surface area (Å²) in [5.41, 5.74) is 0.0352. The summed E-state index contributed by atoms with van der Waals surface area (Å²) in [5, 5.41) is 39.4. The number of rotatable bonds is 5. The first kappa shape index (κ1) is 13.1. The van der Waals surface area contributed by atoms with Crippen molar-refractivity contribution in [3.63, 3.8) is 0 Å². The van der Waals surface area contributed by atoms with E-state index in [0.29, 0.717) is 0 Å². The van der Waals surface area contributed by atoms with Gasteiger partial charge in [0.15, 0.2) is 6.10 Å². The highest BCUT2D eigenvalue weighted by atomic mass is 16.4. The van der Waals surface area contributed by atoms with Crippen LogP contribution in [0.25, 0.3) is 0 Å². The second kappa shape index (κ2) is 4.93. The van der Waals surface area contributed by atoms with Gasteiger partial charge in [-0.05, 0) is 6.92 Å². The van der Waals surface area contributed by atoms with Crippen LogP contribution in [0.5, 0.6) is 0 Å². The summed E-state index contributed by atoms with van der Waals surface area (Å²) >= 11 is 0. The molecular weight excluding hydrogens is 232 g/mol. The summed E-state index contributed by atoms with van der Waals surface area (Å²) in [6.07, 6.45) is -1.35. The molecule has 94 valence electrons. The van der Waals surface area contributed by atoms with Crippen LogP contribution in [0, 0.1) is 0 Å². The number of aromatic nitrogens is 2. The molecule has 1 aromatic heterocycles. The van der Waals surface area contributed by atoms with E-state index in [1.807, 2.05) is 0 Å². The Balaban J connectivity index is 2.88. The van der Waals surface area contributed by atoms with Crippen molar-refractivity contribution in [3.05, 3.63) is 18.0 Å². The largest absolute Gasteiger partial charge is 0.480 e. The number of hydrogen-bond donors (Lipinski definition) is 4. The van der Waals surface area contributed by atoms with Crippen molar-refractivity contribution in [2.75, 3.05) is 0 Å². The summed E-state index contributed by atoms with van der Waals surface area (Å²) in [5.74, 6) is -2.69. The first-order chi connectivity index (χ1) is 7.84. The molecule has 3 atom stereocenters. The van der Waals surface area contributed by atoms with Crippen LogP contribution in [0.2, 0.25) is 0 Å². The smallest absolute Gasteiger partial charge is 0.335 e. The number of aliphatic carboxylic acids is 2. The maximum absolute atomic E-state index is 10.7. The topological polar surface area (TPSA) is 133 Å². The highest BCUT2D eigenvalue weighted by molar-refractivity contribution is 5.73. The molecule has 2 unspecified atom stereocenters. The van der Waals surface area contributed by atoms with E-state index in [2.05, 4.69) is 5.10 Å². The highest BCUT2D eigenvalue weighted by Gasteiger charge is 2.27. The molecule has 0 fully saturated rings. The Labute approximate surface area is 95.7 Å². The van der Waals surface area contributed by atoms with Crippen LogP contribution in [-0.4, -0.2) is 48.2 Å². The van der Waals surface area contributed by atoms with Gasteiger partial charge in [-0.1, -0.05) is 0 Å². The van der Waals surface area contributed by atoms with Gasteiger partial charge in [0.2, 0.25) is 0 Å². The molecule has 1 aromatic rings. The fraction of sp³-hybridized carbons (Fsp3) is 0.444. The van der Waals surface area contributed by atoms with Gasteiger partial charge in [-0.15, -0.1) is 0 Å². The van der Waals surface area contributed by atoms with Gasteiger partial charge >= 0.3 is 11.9 Å². The molecule has 0 saturated heterocycles. The minimum absolute atomic E-state index is 0.0352. The van der Waals surface area contributed by atoms with Crippen molar-refractivity contribution in [1.82, 2.24) is 9.78 Å². The zero-order valence-corrected chi connectivity index (χ0v) is 8.89. The van der Waals surface area contributed by atoms with Gasteiger partial charge in [0, 0.05) is 11.8 Å². The molecule has 0 bridgehead atoms. The molecule has 4 N–H and O–H groups in total. The molecule has 1 heterocycles. The first-order valence-corrected chi connectivity index (χ1v) is 4.70. The Morgan fingerprint density at radius 1 is 1.29 bits per heavy atom. The summed E-state index contributed by atoms with van der Waals surface area (Å²) in [7, 11) is 0. The third kappa shape index (κ3) is 2.80. The molecule has 1 rings (SSSR count). The second-order valence-electron chi connectivity index (χ2n) is 3.50. The molecular formula is C9H12N2O6. The third-order valence-electron chi connectivity index (χ3n) is 2.27. The average molecular weight is 244 g/mol. The van der Waals surface area contributed by atoms with Crippen molar-refractivity contribution in [2.45, 2.75) is 25.2 Å². The Bertz CT molecular complexity index is 429. The molecule has 0 aromatic carbocycles. The lowest BCUT2D eigenvalue weighted by Gasteiger charge is -2.11. The van der Waals surface area contributed by atoms with Crippen LogP contribution >= 0.6 is 0 Å². The van der Waals surface area contributed by atoms with Crippen LogP contribution in [-0.2, 0) is 9.59 Å². The predicted octanol–water partition coefficient (Wildman–Crippen LogP) is -0.992. The molecule has 0 amide bonds. The molecule has 0 radical (unpaired) electrons. The maximum atomic E-state index is 10.7. The summed E-state index contributed by atoms with van der Waals surface area (Å²) in [6, 6.07) is -0.946. The molecule has 0 spiro atoms. The summed E-state index contributed by atoms with van der Waals surface area (Å²) in [6.45, 7) is 1.37. The zero-order chi connectivity index (χ0) is 13.2. The van der Waals surface area contributed by atoms with Crippen LogP contribution < -0.4 is 0 Å².